The molecule has 22 heavy (non-hydrogen) atoms. The van der Waals surface area contributed by atoms with Gasteiger partial charge < -0.3 is 15.0 Å². The number of nitrogens with two attached hydrogens (primary N) is 1. The number of carbonyl (C=O) groups is 1. The zero-order valence-electron chi connectivity index (χ0n) is 14.4. The number of aromatic nitrogens is 1. The number of nitrogens with zero attached hydrogens (tertiary/aromatic N) is 1. The lowest BCUT2D eigenvalue weighted by molar-refractivity contribution is -0.142. The summed E-state index contributed by atoms with van der Waals surface area (Å²) in [5.74, 6) is -0.345. The summed E-state index contributed by atoms with van der Waals surface area (Å²) in [6.45, 7) is 9.79. The first kappa shape index (κ1) is 16.8. The Balaban J connectivity index is 2.46. The van der Waals surface area contributed by atoms with Crippen LogP contribution in [0.1, 0.15) is 49.7 Å². The van der Waals surface area contributed by atoms with E-state index < -0.39 is 6.04 Å². The van der Waals surface area contributed by atoms with Crippen molar-refractivity contribution in [2.75, 3.05) is 7.11 Å². The molecule has 2 N–H and O–H groups in total. The van der Waals surface area contributed by atoms with E-state index >= 15 is 0 Å². The zero-order chi connectivity index (χ0) is 16.5. The summed E-state index contributed by atoms with van der Waals surface area (Å²) in [6.07, 6.45) is 7.13. The summed E-state index contributed by atoms with van der Waals surface area (Å²) < 4.78 is 7.14. The van der Waals surface area contributed by atoms with Gasteiger partial charge in [0.05, 0.1) is 7.11 Å². The molecule has 0 spiro atoms. The summed E-state index contributed by atoms with van der Waals surface area (Å²) in [6, 6.07) is -0.598. The highest BCUT2D eigenvalue weighted by Gasteiger charge is 2.29. The van der Waals surface area contributed by atoms with Crippen molar-refractivity contribution in [2.45, 2.75) is 59.5 Å². The molecule has 0 saturated carbocycles. The van der Waals surface area contributed by atoms with Gasteiger partial charge in [0.2, 0.25) is 0 Å². The minimum absolute atomic E-state index is 0.141. The number of rotatable bonds is 5. The molecule has 1 aliphatic rings. The smallest absolute Gasteiger partial charge is 0.322 e. The standard InChI is InChI=1S/C18H28N2O2/c1-6-9-20-12(2)13(10-15(19)17(21)22-5)14-11-18(3,4)8-7-16(14)20/h7-8,15H,6,9-11,19H2,1-5H3/t15-/m1/s1. The average molecular weight is 304 g/mol. The maximum atomic E-state index is 11.7. The largest absolute Gasteiger partial charge is 0.468 e. The van der Waals surface area contributed by atoms with Crippen LogP contribution in [0, 0.1) is 12.3 Å². The van der Waals surface area contributed by atoms with Gasteiger partial charge in [0, 0.05) is 24.4 Å². The Morgan fingerprint density at radius 1 is 1.50 bits per heavy atom. The Labute approximate surface area is 133 Å². The molecule has 0 amide bonds. The second-order valence-corrected chi connectivity index (χ2v) is 6.91. The fourth-order valence-electron chi connectivity index (χ4n) is 3.32. The van der Waals surface area contributed by atoms with Crippen LogP contribution in [0.25, 0.3) is 6.08 Å². The maximum absolute atomic E-state index is 11.7. The molecule has 0 unspecified atom stereocenters. The van der Waals surface area contributed by atoms with Crippen LogP contribution >= 0.6 is 0 Å². The van der Waals surface area contributed by atoms with Gasteiger partial charge in [-0.1, -0.05) is 26.8 Å². The van der Waals surface area contributed by atoms with E-state index in [9.17, 15) is 4.79 Å². The number of methoxy groups -OCH3 is 1. The Morgan fingerprint density at radius 2 is 2.18 bits per heavy atom. The predicted octanol–water partition coefficient (Wildman–Crippen LogP) is 2.84. The molecular formula is C18H28N2O2. The van der Waals surface area contributed by atoms with Crippen molar-refractivity contribution in [2.24, 2.45) is 11.1 Å². The number of carbonyl (C=O) groups excluding carboxylic acids is 1. The quantitative estimate of drug-likeness (QED) is 0.851. The SMILES string of the molecule is CCCn1c(C)c(C[C@@H](N)C(=O)OC)c2c1C=CC(C)(C)C2. The molecule has 1 aromatic rings. The van der Waals surface area contributed by atoms with Crippen LogP contribution in [0.5, 0.6) is 0 Å². The average Bonchev–Trinajstić information content (AvgIpc) is 2.70. The van der Waals surface area contributed by atoms with E-state index in [1.54, 1.807) is 0 Å². The van der Waals surface area contributed by atoms with Crippen LogP contribution < -0.4 is 5.73 Å². The molecule has 1 atom stereocenters. The normalized spacial score (nSPS) is 17.2. The van der Waals surface area contributed by atoms with Crippen LogP contribution in [-0.4, -0.2) is 23.7 Å². The van der Waals surface area contributed by atoms with Gasteiger partial charge in [0.25, 0.3) is 0 Å². The lowest BCUT2D eigenvalue weighted by atomic mass is 9.79. The molecule has 0 aliphatic heterocycles. The monoisotopic (exact) mass is 304 g/mol. The first-order valence-corrected chi connectivity index (χ1v) is 8.04. The molecule has 0 bridgehead atoms. The predicted molar refractivity (Wildman–Crippen MR) is 89.7 cm³/mol. The second-order valence-electron chi connectivity index (χ2n) is 6.91. The fourth-order valence-corrected chi connectivity index (χ4v) is 3.32. The third-order valence-corrected chi connectivity index (χ3v) is 4.51. The number of allylic oxidation sites excluding steroid dienone is 1. The van der Waals surface area contributed by atoms with E-state index in [2.05, 4.69) is 44.4 Å². The van der Waals surface area contributed by atoms with Gasteiger partial charge in [-0.15, -0.1) is 0 Å². The van der Waals surface area contributed by atoms with E-state index in [0.29, 0.717) is 6.42 Å². The number of fused-ring (bicyclic) bond motifs is 1. The van der Waals surface area contributed by atoms with Gasteiger partial charge in [-0.25, -0.2) is 0 Å². The maximum Gasteiger partial charge on any atom is 0.322 e. The lowest BCUT2D eigenvalue weighted by Gasteiger charge is -2.26. The first-order chi connectivity index (χ1) is 10.3. The van der Waals surface area contributed by atoms with E-state index in [0.717, 1.165) is 19.4 Å². The summed E-state index contributed by atoms with van der Waals surface area (Å²) >= 11 is 0. The third-order valence-electron chi connectivity index (χ3n) is 4.51. The minimum Gasteiger partial charge on any atom is -0.468 e. The molecule has 4 nitrogen and oxygen atoms in total. The molecule has 1 aliphatic carbocycles. The molecule has 2 rings (SSSR count). The number of ether oxygens (including phenoxy) is 1. The Kier molecular flexibility index (Phi) is 4.81. The Bertz CT molecular complexity index is 597. The van der Waals surface area contributed by atoms with Gasteiger partial charge >= 0.3 is 5.97 Å². The fraction of sp³-hybridized carbons (Fsp3) is 0.611. The highest BCUT2D eigenvalue weighted by atomic mass is 16.5. The van der Waals surface area contributed by atoms with Crippen molar-refractivity contribution in [3.63, 3.8) is 0 Å². The molecule has 0 saturated heterocycles. The highest BCUT2D eigenvalue weighted by molar-refractivity contribution is 5.76. The molecule has 4 heteroatoms. The summed E-state index contributed by atoms with van der Waals surface area (Å²) in [5.41, 5.74) is 11.2. The van der Waals surface area contributed by atoms with Gasteiger partial charge in [-0.05, 0) is 42.4 Å². The van der Waals surface area contributed by atoms with Crippen LogP contribution in [-0.2, 0) is 28.9 Å². The lowest BCUT2D eigenvalue weighted by Crippen LogP contribution is -2.34. The van der Waals surface area contributed by atoms with Crippen molar-refractivity contribution in [1.29, 1.82) is 0 Å². The molecule has 1 heterocycles. The Morgan fingerprint density at radius 3 is 2.77 bits per heavy atom. The van der Waals surface area contributed by atoms with Crippen molar-refractivity contribution < 1.29 is 9.53 Å². The number of hydrogen-bond donors (Lipinski definition) is 1. The number of esters is 1. The van der Waals surface area contributed by atoms with Crippen LogP contribution in [0.4, 0.5) is 0 Å². The van der Waals surface area contributed by atoms with Gasteiger partial charge in [0.15, 0.2) is 0 Å². The van der Waals surface area contributed by atoms with Crippen LogP contribution in [0.2, 0.25) is 0 Å². The summed E-state index contributed by atoms with van der Waals surface area (Å²) in [7, 11) is 1.39. The van der Waals surface area contributed by atoms with E-state index in [1.165, 1.54) is 29.6 Å². The molecule has 0 radical (unpaired) electrons. The van der Waals surface area contributed by atoms with Gasteiger partial charge in [0.1, 0.15) is 6.04 Å². The molecule has 0 aromatic carbocycles. The minimum atomic E-state index is -0.598. The van der Waals surface area contributed by atoms with Crippen molar-refractivity contribution in [3.05, 3.63) is 28.6 Å². The van der Waals surface area contributed by atoms with E-state index in [1.807, 2.05) is 0 Å². The summed E-state index contributed by atoms with van der Waals surface area (Å²) in [5, 5.41) is 0. The molecule has 1 aromatic heterocycles. The highest BCUT2D eigenvalue weighted by Crippen LogP contribution is 2.37. The van der Waals surface area contributed by atoms with Crippen molar-refractivity contribution >= 4 is 12.0 Å². The topological polar surface area (TPSA) is 57.2 Å². The van der Waals surface area contributed by atoms with Crippen molar-refractivity contribution in [1.82, 2.24) is 4.57 Å². The van der Waals surface area contributed by atoms with E-state index in [-0.39, 0.29) is 11.4 Å². The van der Waals surface area contributed by atoms with Gasteiger partial charge in [-0.3, -0.25) is 4.79 Å². The van der Waals surface area contributed by atoms with Crippen molar-refractivity contribution in [3.8, 4) is 0 Å². The summed E-state index contributed by atoms with van der Waals surface area (Å²) in [4.78, 5) is 11.7. The molecule has 122 valence electrons. The van der Waals surface area contributed by atoms with Gasteiger partial charge in [-0.2, -0.15) is 0 Å². The second kappa shape index (κ2) is 6.29. The molecular weight excluding hydrogens is 276 g/mol. The van der Waals surface area contributed by atoms with Crippen LogP contribution in [0.15, 0.2) is 6.08 Å². The third kappa shape index (κ3) is 3.12. The molecule has 0 fully saturated rings. The Hall–Kier alpha value is -1.55. The van der Waals surface area contributed by atoms with Crippen LogP contribution in [0.3, 0.4) is 0 Å². The number of hydrogen-bond acceptors (Lipinski definition) is 3. The van der Waals surface area contributed by atoms with E-state index in [4.69, 9.17) is 10.5 Å². The zero-order valence-corrected chi connectivity index (χ0v) is 14.4. The first-order valence-electron chi connectivity index (χ1n) is 8.04.